The summed E-state index contributed by atoms with van der Waals surface area (Å²) in [6, 6.07) is 15.3. The van der Waals surface area contributed by atoms with Gasteiger partial charge in [-0.25, -0.2) is 0 Å². The van der Waals surface area contributed by atoms with Crippen LogP contribution in [-0.4, -0.2) is 0 Å². The minimum Gasteiger partial charge on any atom is -0.324 e. The van der Waals surface area contributed by atoms with Gasteiger partial charge < -0.3 is 5.73 Å². The normalized spacial score (nSPS) is 25.4. The van der Waals surface area contributed by atoms with Crippen LogP contribution in [0.15, 0.2) is 42.5 Å². The van der Waals surface area contributed by atoms with E-state index in [-0.39, 0.29) is 6.04 Å². The van der Waals surface area contributed by atoms with Gasteiger partial charge in [0.05, 0.1) is 0 Å². The number of hydrogen-bond donors (Lipinski definition) is 1. The zero-order chi connectivity index (χ0) is 12.5. The molecule has 1 fully saturated rings. The van der Waals surface area contributed by atoms with Gasteiger partial charge in [-0.3, -0.25) is 0 Å². The van der Waals surface area contributed by atoms with Crippen molar-refractivity contribution in [3.63, 3.8) is 0 Å². The largest absolute Gasteiger partial charge is 0.324 e. The summed E-state index contributed by atoms with van der Waals surface area (Å²) >= 11 is 0. The lowest BCUT2D eigenvalue weighted by Gasteiger charge is -2.21. The van der Waals surface area contributed by atoms with Crippen molar-refractivity contribution in [2.45, 2.75) is 32.2 Å². The van der Waals surface area contributed by atoms with Crippen LogP contribution in [0.3, 0.4) is 0 Å². The zero-order valence-electron chi connectivity index (χ0n) is 11.0. The highest BCUT2D eigenvalue weighted by Crippen LogP contribution is 2.39. The molecular weight excluding hydrogens is 218 g/mol. The molecule has 3 rings (SSSR count). The van der Waals surface area contributed by atoms with Crippen LogP contribution in [0.4, 0.5) is 0 Å². The van der Waals surface area contributed by atoms with E-state index in [0.29, 0.717) is 5.92 Å². The van der Waals surface area contributed by atoms with E-state index >= 15 is 0 Å². The highest BCUT2D eigenvalue weighted by Gasteiger charge is 2.28. The fourth-order valence-corrected chi connectivity index (χ4v) is 3.37. The predicted molar refractivity (Wildman–Crippen MR) is 77.4 cm³/mol. The summed E-state index contributed by atoms with van der Waals surface area (Å²) in [6.45, 7) is 2.34. The van der Waals surface area contributed by atoms with E-state index in [0.717, 1.165) is 5.92 Å². The average Bonchev–Trinajstić information content (AvgIpc) is 2.84. The first-order valence-electron chi connectivity index (χ1n) is 6.99. The first-order valence-corrected chi connectivity index (χ1v) is 6.99. The van der Waals surface area contributed by atoms with Crippen molar-refractivity contribution in [3.8, 4) is 0 Å². The summed E-state index contributed by atoms with van der Waals surface area (Å²) in [5, 5.41) is 2.63. The second-order valence-corrected chi connectivity index (χ2v) is 5.77. The molecular formula is C17H21N. The number of benzene rings is 2. The lowest BCUT2D eigenvalue weighted by Crippen LogP contribution is -2.19. The Bertz CT molecular complexity index is 541. The SMILES string of the molecule is CC1CCC(C(N)c2cccc3ccccc23)C1. The van der Waals surface area contributed by atoms with Crippen LogP contribution >= 0.6 is 0 Å². The van der Waals surface area contributed by atoms with Crippen molar-refractivity contribution in [2.24, 2.45) is 17.6 Å². The number of fused-ring (bicyclic) bond motifs is 1. The molecule has 0 bridgehead atoms. The lowest BCUT2D eigenvalue weighted by molar-refractivity contribution is 0.431. The molecule has 3 atom stereocenters. The van der Waals surface area contributed by atoms with Crippen molar-refractivity contribution in [1.29, 1.82) is 0 Å². The molecule has 94 valence electrons. The molecule has 18 heavy (non-hydrogen) atoms. The number of rotatable bonds is 2. The third-order valence-electron chi connectivity index (χ3n) is 4.43. The fourth-order valence-electron chi connectivity index (χ4n) is 3.37. The Balaban J connectivity index is 1.98. The minimum atomic E-state index is 0.195. The van der Waals surface area contributed by atoms with Gasteiger partial charge in [-0.1, -0.05) is 55.8 Å². The topological polar surface area (TPSA) is 26.0 Å². The van der Waals surface area contributed by atoms with Crippen LogP contribution in [0, 0.1) is 11.8 Å². The van der Waals surface area contributed by atoms with Crippen LogP contribution in [-0.2, 0) is 0 Å². The van der Waals surface area contributed by atoms with Gasteiger partial charge in [-0.2, -0.15) is 0 Å². The van der Waals surface area contributed by atoms with E-state index in [1.165, 1.54) is 35.6 Å². The first kappa shape index (κ1) is 11.7. The third kappa shape index (κ3) is 2.04. The van der Waals surface area contributed by atoms with Crippen molar-refractivity contribution in [3.05, 3.63) is 48.0 Å². The Morgan fingerprint density at radius 3 is 2.61 bits per heavy atom. The number of hydrogen-bond acceptors (Lipinski definition) is 1. The molecule has 1 heteroatoms. The smallest absolute Gasteiger partial charge is 0.0329 e. The Morgan fingerprint density at radius 2 is 1.83 bits per heavy atom. The van der Waals surface area contributed by atoms with Gasteiger partial charge in [0.2, 0.25) is 0 Å². The second kappa shape index (κ2) is 4.74. The summed E-state index contributed by atoms with van der Waals surface area (Å²) in [5.74, 6) is 1.50. The molecule has 1 nitrogen and oxygen atoms in total. The molecule has 0 aromatic heterocycles. The fraction of sp³-hybridized carbons (Fsp3) is 0.412. The molecule has 2 aromatic rings. The van der Waals surface area contributed by atoms with E-state index < -0.39 is 0 Å². The standard InChI is InChI=1S/C17H21N/c1-12-9-10-14(11-12)17(18)16-8-4-6-13-5-2-3-7-15(13)16/h2-8,12,14,17H,9-11,18H2,1H3. The highest BCUT2D eigenvalue weighted by molar-refractivity contribution is 5.86. The third-order valence-corrected chi connectivity index (χ3v) is 4.43. The van der Waals surface area contributed by atoms with Crippen molar-refractivity contribution >= 4 is 10.8 Å². The van der Waals surface area contributed by atoms with Gasteiger partial charge in [-0.15, -0.1) is 0 Å². The Hall–Kier alpha value is -1.34. The minimum absolute atomic E-state index is 0.195. The summed E-state index contributed by atoms with van der Waals surface area (Å²) < 4.78 is 0. The van der Waals surface area contributed by atoms with E-state index in [1.807, 2.05) is 0 Å². The monoisotopic (exact) mass is 239 g/mol. The summed E-state index contributed by atoms with van der Waals surface area (Å²) in [7, 11) is 0. The Kier molecular flexibility index (Phi) is 3.09. The maximum atomic E-state index is 6.53. The second-order valence-electron chi connectivity index (χ2n) is 5.77. The van der Waals surface area contributed by atoms with Gasteiger partial charge in [0, 0.05) is 6.04 Å². The Morgan fingerprint density at radius 1 is 1.06 bits per heavy atom. The average molecular weight is 239 g/mol. The van der Waals surface area contributed by atoms with Crippen LogP contribution in [0.1, 0.15) is 37.8 Å². The van der Waals surface area contributed by atoms with E-state index in [2.05, 4.69) is 49.4 Å². The number of nitrogens with two attached hydrogens (primary N) is 1. The molecule has 0 saturated heterocycles. The van der Waals surface area contributed by atoms with Crippen LogP contribution in [0.5, 0.6) is 0 Å². The van der Waals surface area contributed by atoms with E-state index in [9.17, 15) is 0 Å². The molecule has 1 aliphatic carbocycles. The van der Waals surface area contributed by atoms with Crippen molar-refractivity contribution in [1.82, 2.24) is 0 Å². The molecule has 0 amide bonds. The predicted octanol–water partition coefficient (Wildman–Crippen LogP) is 4.28. The van der Waals surface area contributed by atoms with E-state index in [1.54, 1.807) is 0 Å². The molecule has 0 heterocycles. The zero-order valence-corrected chi connectivity index (χ0v) is 11.0. The molecule has 2 N–H and O–H groups in total. The highest BCUT2D eigenvalue weighted by atomic mass is 14.7. The molecule has 2 aromatic carbocycles. The summed E-state index contributed by atoms with van der Waals surface area (Å²) in [4.78, 5) is 0. The van der Waals surface area contributed by atoms with Crippen LogP contribution < -0.4 is 5.73 Å². The van der Waals surface area contributed by atoms with Crippen molar-refractivity contribution in [2.75, 3.05) is 0 Å². The molecule has 1 saturated carbocycles. The quantitative estimate of drug-likeness (QED) is 0.832. The molecule has 0 aliphatic heterocycles. The Labute approximate surface area is 109 Å². The van der Waals surface area contributed by atoms with Crippen molar-refractivity contribution < 1.29 is 0 Å². The van der Waals surface area contributed by atoms with Crippen LogP contribution in [0.2, 0.25) is 0 Å². The van der Waals surface area contributed by atoms with Crippen LogP contribution in [0.25, 0.3) is 10.8 Å². The molecule has 3 unspecified atom stereocenters. The maximum Gasteiger partial charge on any atom is 0.0329 e. The molecule has 0 spiro atoms. The van der Waals surface area contributed by atoms with Gasteiger partial charge in [-0.05, 0) is 41.0 Å². The lowest BCUT2D eigenvalue weighted by atomic mass is 9.89. The summed E-state index contributed by atoms with van der Waals surface area (Å²) in [5.41, 5.74) is 7.85. The van der Waals surface area contributed by atoms with Gasteiger partial charge >= 0.3 is 0 Å². The van der Waals surface area contributed by atoms with Gasteiger partial charge in [0.25, 0.3) is 0 Å². The molecule has 1 aliphatic rings. The first-order chi connectivity index (χ1) is 8.75. The molecule has 0 radical (unpaired) electrons. The summed E-state index contributed by atoms with van der Waals surface area (Å²) in [6.07, 6.45) is 3.90. The van der Waals surface area contributed by atoms with E-state index in [4.69, 9.17) is 5.73 Å². The maximum absolute atomic E-state index is 6.53. The van der Waals surface area contributed by atoms with Gasteiger partial charge in [0.1, 0.15) is 0 Å². The van der Waals surface area contributed by atoms with Gasteiger partial charge in [0.15, 0.2) is 0 Å².